The fourth-order valence-corrected chi connectivity index (χ4v) is 1.46. The molecule has 2 aromatic heterocycles. The van der Waals surface area contributed by atoms with Crippen LogP contribution in [0.2, 0.25) is 0 Å². The van der Waals surface area contributed by atoms with E-state index in [-0.39, 0.29) is 6.04 Å². The number of rotatable bonds is 3. The molecule has 0 saturated carbocycles. The lowest BCUT2D eigenvalue weighted by Gasteiger charge is -2.12. The number of nitrogens with zero attached hydrogens (tertiary/aromatic N) is 4. The van der Waals surface area contributed by atoms with Crippen molar-refractivity contribution in [2.45, 2.75) is 12.6 Å². The van der Waals surface area contributed by atoms with Crippen LogP contribution in [0.15, 0.2) is 31.0 Å². The summed E-state index contributed by atoms with van der Waals surface area (Å²) in [6.45, 7) is 0.722. The van der Waals surface area contributed by atoms with Crippen LogP contribution in [0.1, 0.15) is 11.7 Å². The molecule has 2 aromatic rings. The Morgan fingerprint density at radius 3 is 2.93 bits per heavy atom. The summed E-state index contributed by atoms with van der Waals surface area (Å²) in [5, 5.41) is 4.08. The van der Waals surface area contributed by atoms with Crippen LogP contribution in [-0.2, 0) is 13.6 Å². The Morgan fingerprint density at radius 1 is 1.50 bits per heavy atom. The molecule has 1 unspecified atom stereocenters. The normalized spacial score (nSPS) is 13.0. The van der Waals surface area contributed by atoms with E-state index in [4.69, 9.17) is 5.73 Å². The van der Waals surface area contributed by atoms with Gasteiger partial charge in [0.25, 0.3) is 0 Å². The average molecular weight is 191 g/mol. The average Bonchev–Trinajstić information content (AvgIpc) is 2.75. The van der Waals surface area contributed by atoms with Gasteiger partial charge in [-0.15, -0.1) is 0 Å². The summed E-state index contributed by atoms with van der Waals surface area (Å²) in [6, 6.07) is 1.89. The van der Waals surface area contributed by atoms with Crippen LogP contribution in [0, 0.1) is 0 Å². The van der Waals surface area contributed by atoms with E-state index in [0.717, 1.165) is 12.2 Å². The van der Waals surface area contributed by atoms with E-state index in [9.17, 15) is 0 Å². The highest BCUT2D eigenvalue weighted by Crippen LogP contribution is 2.10. The van der Waals surface area contributed by atoms with Crippen molar-refractivity contribution in [1.29, 1.82) is 0 Å². The van der Waals surface area contributed by atoms with Gasteiger partial charge in [0.15, 0.2) is 0 Å². The van der Waals surface area contributed by atoms with E-state index in [2.05, 4.69) is 10.1 Å². The lowest BCUT2D eigenvalue weighted by atomic mass is 10.2. The molecular formula is C9H13N5. The molecule has 0 radical (unpaired) electrons. The molecule has 0 spiro atoms. The molecule has 0 amide bonds. The Labute approximate surface area is 82.2 Å². The van der Waals surface area contributed by atoms with E-state index < -0.39 is 0 Å². The van der Waals surface area contributed by atoms with E-state index in [1.165, 1.54) is 0 Å². The number of nitrogens with two attached hydrogens (primary N) is 1. The Hall–Kier alpha value is -1.62. The van der Waals surface area contributed by atoms with Crippen molar-refractivity contribution >= 4 is 0 Å². The zero-order chi connectivity index (χ0) is 9.97. The van der Waals surface area contributed by atoms with Gasteiger partial charge in [0.2, 0.25) is 0 Å². The third kappa shape index (κ3) is 1.67. The van der Waals surface area contributed by atoms with Crippen molar-refractivity contribution in [3.05, 3.63) is 36.7 Å². The minimum Gasteiger partial charge on any atom is -0.336 e. The van der Waals surface area contributed by atoms with Crippen molar-refractivity contribution in [2.75, 3.05) is 0 Å². The van der Waals surface area contributed by atoms with Gasteiger partial charge in [-0.05, 0) is 6.07 Å². The van der Waals surface area contributed by atoms with E-state index in [0.29, 0.717) is 0 Å². The van der Waals surface area contributed by atoms with Gasteiger partial charge in [-0.3, -0.25) is 4.68 Å². The summed E-state index contributed by atoms with van der Waals surface area (Å²) in [4.78, 5) is 3.96. The van der Waals surface area contributed by atoms with Crippen LogP contribution in [-0.4, -0.2) is 19.3 Å². The Kier molecular flexibility index (Phi) is 2.32. The summed E-state index contributed by atoms with van der Waals surface area (Å²) in [5.41, 5.74) is 7.05. The first-order valence-electron chi connectivity index (χ1n) is 4.46. The lowest BCUT2D eigenvalue weighted by molar-refractivity contribution is 0.534. The highest BCUT2D eigenvalue weighted by atomic mass is 15.3. The van der Waals surface area contributed by atoms with Gasteiger partial charge >= 0.3 is 0 Å². The third-order valence-corrected chi connectivity index (χ3v) is 2.21. The molecule has 0 fully saturated rings. The molecule has 1 atom stereocenters. The number of aryl methyl sites for hydroxylation is 1. The predicted molar refractivity (Wildman–Crippen MR) is 52.4 cm³/mol. The number of imidazole rings is 1. The summed E-state index contributed by atoms with van der Waals surface area (Å²) in [6.07, 6.45) is 7.16. The van der Waals surface area contributed by atoms with Gasteiger partial charge in [0.05, 0.1) is 18.1 Å². The molecule has 2 rings (SSSR count). The van der Waals surface area contributed by atoms with Gasteiger partial charge < -0.3 is 10.3 Å². The van der Waals surface area contributed by atoms with Gasteiger partial charge in [-0.25, -0.2) is 4.98 Å². The molecule has 0 saturated heterocycles. The maximum absolute atomic E-state index is 6.02. The second kappa shape index (κ2) is 3.63. The topological polar surface area (TPSA) is 61.7 Å². The molecule has 74 valence electrons. The monoisotopic (exact) mass is 191 g/mol. The predicted octanol–water partition coefficient (Wildman–Crippen LogP) is 0.317. The van der Waals surface area contributed by atoms with Crippen LogP contribution in [0.3, 0.4) is 0 Å². The molecule has 14 heavy (non-hydrogen) atoms. The molecule has 0 aliphatic rings. The summed E-state index contributed by atoms with van der Waals surface area (Å²) < 4.78 is 3.75. The molecule has 0 aliphatic carbocycles. The first kappa shape index (κ1) is 8.96. The second-order valence-corrected chi connectivity index (χ2v) is 3.25. The smallest absolute Gasteiger partial charge is 0.0946 e. The largest absolute Gasteiger partial charge is 0.336 e. The second-order valence-electron chi connectivity index (χ2n) is 3.25. The Balaban J connectivity index is 2.10. The van der Waals surface area contributed by atoms with Crippen molar-refractivity contribution in [3.63, 3.8) is 0 Å². The van der Waals surface area contributed by atoms with Gasteiger partial charge in [-0.2, -0.15) is 5.10 Å². The Bertz CT molecular complexity index is 389. The van der Waals surface area contributed by atoms with Crippen LogP contribution in [0.25, 0.3) is 0 Å². The minimum atomic E-state index is -0.0447. The Morgan fingerprint density at radius 2 is 2.36 bits per heavy atom. The first-order chi connectivity index (χ1) is 6.77. The quantitative estimate of drug-likeness (QED) is 0.759. The number of hydrogen-bond donors (Lipinski definition) is 1. The zero-order valence-corrected chi connectivity index (χ0v) is 8.04. The summed E-state index contributed by atoms with van der Waals surface area (Å²) in [7, 11) is 1.89. The maximum atomic E-state index is 6.02. The summed E-state index contributed by atoms with van der Waals surface area (Å²) >= 11 is 0. The van der Waals surface area contributed by atoms with Gasteiger partial charge in [0, 0.05) is 32.2 Å². The third-order valence-electron chi connectivity index (χ3n) is 2.21. The SMILES string of the molecule is Cn1nccc1C(N)Cn1ccnc1. The van der Waals surface area contributed by atoms with Crippen LogP contribution < -0.4 is 5.73 Å². The molecule has 5 heteroatoms. The highest BCUT2D eigenvalue weighted by molar-refractivity contribution is 5.05. The maximum Gasteiger partial charge on any atom is 0.0946 e. The molecule has 0 aliphatic heterocycles. The van der Waals surface area contributed by atoms with E-state index in [1.807, 2.05) is 23.9 Å². The molecule has 2 N–H and O–H groups in total. The van der Waals surface area contributed by atoms with Crippen molar-refractivity contribution < 1.29 is 0 Å². The molecular weight excluding hydrogens is 178 g/mol. The van der Waals surface area contributed by atoms with Crippen LogP contribution in [0.4, 0.5) is 0 Å². The minimum absolute atomic E-state index is 0.0447. The molecule has 5 nitrogen and oxygen atoms in total. The van der Waals surface area contributed by atoms with Crippen LogP contribution >= 0.6 is 0 Å². The van der Waals surface area contributed by atoms with Gasteiger partial charge in [-0.1, -0.05) is 0 Å². The number of aromatic nitrogens is 4. The highest BCUT2D eigenvalue weighted by Gasteiger charge is 2.09. The molecule has 0 bridgehead atoms. The van der Waals surface area contributed by atoms with Crippen molar-refractivity contribution in [3.8, 4) is 0 Å². The zero-order valence-electron chi connectivity index (χ0n) is 8.04. The lowest BCUT2D eigenvalue weighted by Crippen LogP contribution is -2.19. The van der Waals surface area contributed by atoms with E-state index >= 15 is 0 Å². The standard InChI is InChI=1S/C9H13N5/c1-13-9(2-3-12-13)8(10)6-14-5-4-11-7-14/h2-5,7-8H,6,10H2,1H3. The van der Waals surface area contributed by atoms with E-state index in [1.54, 1.807) is 23.4 Å². The number of hydrogen-bond acceptors (Lipinski definition) is 3. The van der Waals surface area contributed by atoms with Crippen molar-refractivity contribution in [2.24, 2.45) is 12.8 Å². The van der Waals surface area contributed by atoms with Crippen LogP contribution in [0.5, 0.6) is 0 Å². The first-order valence-corrected chi connectivity index (χ1v) is 4.46. The summed E-state index contributed by atoms with van der Waals surface area (Å²) in [5.74, 6) is 0. The molecule has 0 aromatic carbocycles. The van der Waals surface area contributed by atoms with Crippen molar-refractivity contribution in [1.82, 2.24) is 19.3 Å². The fraction of sp³-hybridized carbons (Fsp3) is 0.333. The fourth-order valence-electron chi connectivity index (χ4n) is 1.46. The molecule has 2 heterocycles. The van der Waals surface area contributed by atoms with Gasteiger partial charge in [0.1, 0.15) is 0 Å².